The van der Waals surface area contributed by atoms with Crippen LogP contribution >= 0.6 is 11.3 Å². The van der Waals surface area contributed by atoms with Crippen molar-refractivity contribution in [2.24, 2.45) is 0 Å². The second-order valence-corrected chi connectivity index (χ2v) is 9.63. The maximum Gasteiger partial charge on any atom is 0.263 e. The van der Waals surface area contributed by atoms with E-state index in [1.54, 1.807) is 26.0 Å². The van der Waals surface area contributed by atoms with Gasteiger partial charge in [0.2, 0.25) is 0 Å². The number of anilines is 1. The van der Waals surface area contributed by atoms with Crippen LogP contribution < -0.4 is 10.0 Å². The summed E-state index contributed by atoms with van der Waals surface area (Å²) in [6.45, 7) is 7.73. The van der Waals surface area contributed by atoms with Gasteiger partial charge in [-0.1, -0.05) is 58.9 Å². The molecule has 2 N–H and O–H groups in total. The third-order valence-corrected chi connectivity index (χ3v) is 7.12. The Kier molecular flexibility index (Phi) is 6.04. The summed E-state index contributed by atoms with van der Waals surface area (Å²) in [6.07, 6.45) is 0. The zero-order valence-electron chi connectivity index (χ0n) is 16.7. The molecule has 0 saturated heterocycles. The lowest BCUT2D eigenvalue weighted by molar-refractivity contribution is 0.0954. The minimum absolute atomic E-state index is 0.169. The zero-order chi connectivity index (χ0) is 21.2. The quantitative estimate of drug-likeness (QED) is 0.617. The van der Waals surface area contributed by atoms with Gasteiger partial charge in [-0.2, -0.15) is 0 Å². The number of thiazole rings is 1. The van der Waals surface area contributed by atoms with Crippen molar-refractivity contribution in [1.29, 1.82) is 0 Å². The minimum Gasteiger partial charge on any atom is -0.347 e. The molecule has 0 atom stereocenters. The molecular formula is C21H23N3O3S2. The van der Waals surface area contributed by atoms with E-state index >= 15 is 0 Å². The van der Waals surface area contributed by atoms with Crippen molar-refractivity contribution in [3.63, 3.8) is 0 Å². The number of aryl methyl sites for hydroxylation is 4. The third kappa shape index (κ3) is 5.02. The summed E-state index contributed by atoms with van der Waals surface area (Å²) >= 11 is 1.02. The molecule has 152 valence electrons. The fourth-order valence-electron chi connectivity index (χ4n) is 2.89. The first kappa shape index (κ1) is 21.0. The van der Waals surface area contributed by atoms with Crippen molar-refractivity contribution < 1.29 is 13.2 Å². The highest BCUT2D eigenvalue weighted by molar-refractivity contribution is 7.93. The van der Waals surface area contributed by atoms with E-state index in [-0.39, 0.29) is 15.9 Å². The second-order valence-electron chi connectivity index (χ2n) is 6.98. The first-order valence-corrected chi connectivity index (χ1v) is 11.4. The highest BCUT2D eigenvalue weighted by Crippen LogP contribution is 2.26. The molecular weight excluding hydrogens is 406 g/mol. The third-order valence-electron chi connectivity index (χ3n) is 4.42. The summed E-state index contributed by atoms with van der Waals surface area (Å²) in [7, 11) is -3.78. The molecule has 29 heavy (non-hydrogen) atoms. The average Bonchev–Trinajstić information content (AvgIpc) is 3.00. The molecule has 0 aliphatic carbocycles. The van der Waals surface area contributed by atoms with Crippen molar-refractivity contribution in [3.05, 3.63) is 75.3 Å². The van der Waals surface area contributed by atoms with E-state index in [1.165, 1.54) is 0 Å². The van der Waals surface area contributed by atoms with E-state index in [9.17, 15) is 13.2 Å². The second kappa shape index (κ2) is 8.34. The lowest BCUT2D eigenvalue weighted by Crippen LogP contribution is -2.22. The number of benzene rings is 2. The monoisotopic (exact) mass is 429 g/mol. The minimum atomic E-state index is -3.78. The van der Waals surface area contributed by atoms with Gasteiger partial charge in [0.05, 0.1) is 10.6 Å². The van der Waals surface area contributed by atoms with Crippen LogP contribution in [0.4, 0.5) is 5.13 Å². The van der Waals surface area contributed by atoms with Gasteiger partial charge in [0.1, 0.15) is 4.88 Å². The summed E-state index contributed by atoms with van der Waals surface area (Å²) in [5.41, 5.74) is 4.26. The molecule has 0 bridgehead atoms. The molecule has 3 rings (SSSR count). The van der Waals surface area contributed by atoms with Gasteiger partial charge in [-0.15, -0.1) is 0 Å². The lowest BCUT2D eigenvalue weighted by Gasteiger charge is -2.08. The number of sulfonamides is 1. The van der Waals surface area contributed by atoms with Crippen LogP contribution in [0, 0.1) is 27.7 Å². The maximum atomic E-state index is 12.7. The standard InChI is InChI=1S/C21H23N3O3S2/c1-13-5-8-17(9-6-13)12-22-20(25)19-16(4)23-21(28-19)24-29(26,27)18-10-7-14(2)11-15(18)3/h5-11H,12H2,1-4H3,(H,22,25)(H,23,24). The fraction of sp³-hybridized carbons (Fsp3) is 0.238. The zero-order valence-corrected chi connectivity index (χ0v) is 18.4. The van der Waals surface area contributed by atoms with E-state index in [1.807, 2.05) is 44.2 Å². The van der Waals surface area contributed by atoms with E-state index in [4.69, 9.17) is 0 Å². The van der Waals surface area contributed by atoms with Crippen LogP contribution in [-0.2, 0) is 16.6 Å². The summed E-state index contributed by atoms with van der Waals surface area (Å²) in [6, 6.07) is 13.0. The number of rotatable bonds is 6. The molecule has 0 aliphatic rings. The number of amides is 1. The molecule has 0 fully saturated rings. The Labute approximate surface area is 175 Å². The Bertz CT molecular complexity index is 1150. The van der Waals surface area contributed by atoms with E-state index < -0.39 is 10.0 Å². The fourth-order valence-corrected chi connectivity index (χ4v) is 5.24. The topological polar surface area (TPSA) is 88.2 Å². The molecule has 1 aromatic heterocycles. The number of nitrogens with zero attached hydrogens (tertiary/aromatic N) is 1. The molecule has 6 nitrogen and oxygen atoms in total. The molecule has 1 amide bonds. The molecule has 2 aromatic carbocycles. The van der Waals surface area contributed by atoms with Crippen LogP contribution in [0.2, 0.25) is 0 Å². The van der Waals surface area contributed by atoms with Gasteiger partial charge in [0, 0.05) is 6.54 Å². The van der Waals surface area contributed by atoms with Gasteiger partial charge in [-0.25, -0.2) is 13.4 Å². The molecule has 0 saturated carbocycles. The van der Waals surface area contributed by atoms with Gasteiger partial charge in [-0.05, 0) is 44.9 Å². The molecule has 0 aliphatic heterocycles. The maximum absolute atomic E-state index is 12.7. The number of aromatic nitrogens is 1. The van der Waals surface area contributed by atoms with Crippen molar-refractivity contribution in [3.8, 4) is 0 Å². The van der Waals surface area contributed by atoms with Crippen LogP contribution in [-0.4, -0.2) is 19.3 Å². The van der Waals surface area contributed by atoms with Crippen LogP contribution in [0.15, 0.2) is 47.4 Å². The Hall–Kier alpha value is -2.71. The first-order chi connectivity index (χ1) is 13.7. The number of hydrogen-bond acceptors (Lipinski definition) is 5. The Morgan fingerprint density at radius 3 is 2.31 bits per heavy atom. The first-order valence-electron chi connectivity index (χ1n) is 9.07. The Morgan fingerprint density at radius 2 is 1.66 bits per heavy atom. The number of nitrogens with one attached hydrogen (secondary N) is 2. The predicted octanol–water partition coefficient (Wildman–Crippen LogP) is 4.11. The van der Waals surface area contributed by atoms with Gasteiger partial charge < -0.3 is 5.32 Å². The van der Waals surface area contributed by atoms with E-state index in [2.05, 4.69) is 15.0 Å². The molecule has 0 radical (unpaired) electrons. The lowest BCUT2D eigenvalue weighted by atomic mass is 10.1. The molecule has 0 unspecified atom stereocenters. The van der Waals surface area contributed by atoms with Gasteiger partial charge in [-0.3, -0.25) is 9.52 Å². The van der Waals surface area contributed by atoms with Gasteiger partial charge >= 0.3 is 0 Å². The van der Waals surface area contributed by atoms with Gasteiger partial charge in [0.15, 0.2) is 5.13 Å². The van der Waals surface area contributed by atoms with Crippen LogP contribution in [0.3, 0.4) is 0 Å². The molecule has 1 heterocycles. The van der Waals surface area contributed by atoms with Crippen LogP contribution in [0.5, 0.6) is 0 Å². The summed E-state index contributed by atoms with van der Waals surface area (Å²) < 4.78 is 27.9. The summed E-state index contributed by atoms with van der Waals surface area (Å²) in [5.74, 6) is -0.280. The highest BCUT2D eigenvalue weighted by atomic mass is 32.2. The van der Waals surface area contributed by atoms with E-state index in [0.29, 0.717) is 22.7 Å². The Balaban J connectivity index is 1.73. The van der Waals surface area contributed by atoms with Crippen molar-refractivity contribution in [2.75, 3.05) is 4.72 Å². The molecule has 3 aromatic rings. The largest absolute Gasteiger partial charge is 0.347 e. The van der Waals surface area contributed by atoms with Crippen molar-refractivity contribution in [2.45, 2.75) is 39.1 Å². The number of carbonyl (C=O) groups is 1. The molecule has 8 heteroatoms. The average molecular weight is 430 g/mol. The number of carbonyl (C=O) groups excluding carboxylic acids is 1. The van der Waals surface area contributed by atoms with Gasteiger partial charge in [0.25, 0.3) is 15.9 Å². The van der Waals surface area contributed by atoms with Crippen molar-refractivity contribution >= 4 is 32.4 Å². The van der Waals surface area contributed by atoms with Crippen molar-refractivity contribution in [1.82, 2.24) is 10.3 Å². The van der Waals surface area contributed by atoms with E-state index in [0.717, 1.165) is 28.0 Å². The SMILES string of the molecule is Cc1ccc(CNC(=O)c2sc(NS(=O)(=O)c3ccc(C)cc3C)nc2C)cc1. The highest BCUT2D eigenvalue weighted by Gasteiger charge is 2.21. The smallest absolute Gasteiger partial charge is 0.263 e. The van der Waals surface area contributed by atoms with Crippen LogP contribution in [0.25, 0.3) is 0 Å². The predicted molar refractivity (Wildman–Crippen MR) is 116 cm³/mol. The number of hydrogen-bond donors (Lipinski definition) is 2. The Morgan fingerprint density at radius 1 is 1.00 bits per heavy atom. The van der Waals surface area contributed by atoms with Crippen LogP contribution in [0.1, 0.15) is 37.6 Å². The normalized spacial score (nSPS) is 11.3. The summed E-state index contributed by atoms with van der Waals surface area (Å²) in [4.78, 5) is 17.3. The molecule has 0 spiro atoms. The summed E-state index contributed by atoms with van der Waals surface area (Å²) in [5, 5.41) is 3.02.